The molecule has 0 bridgehead atoms. The Morgan fingerprint density at radius 2 is 1.84 bits per heavy atom. The molecule has 0 aromatic heterocycles. The molecule has 1 amide bonds. The Bertz CT molecular complexity index is 704. The van der Waals surface area contributed by atoms with Gasteiger partial charge in [-0.2, -0.15) is 0 Å². The fourth-order valence-corrected chi connectivity index (χ4v) is 3.06. The van der Waals surface area contributed by atoms with Crippen LogP contribution in [0.2, 0.25) is 10.0 Å². The molecule has 6 heteroatoms. The highest BCUT2D eigenvalue weighted by atomic mass is 35.5. The van der Waals surface area contributed by atoms with Gasteiger partial charge in [0.15, 0.2) is 0 Å². The molecule has 0 aliphatic heterocycles. The molecule has 0 radical (unpaired) electrons. The Hall–Kier alpha value is -1.62. The number of hydrogen-bond donors (Lipinski definition) is 2. The van der Waals surface area contributed by atoms with E-state index in [-0.39, 0.29) is 17.8 Å². The van der Waals surface area contributed by atoms with Crippen LogP contribution in [0.1, 0.15) is 30.5 Å². The number of amides is 1. The van der Waals surface area contributed by atoms with Crippen molar-refractivity contribution < 1.29 is 9.18 Å². The predicted molar refractivity (Wildman–Crippen MR) is 101 cm³/mol. The van der Waals surface area contributed by atoms with Gasteiger partial charge in [0.25, 0.3) is 0 Å². The molecule has 1 unspecified atom stereocenters. The van der Waals surface area contributed by atoms with E-state index in [2.05, 4.69) is 10.6 Å². The van der Waals surface area contributed by atoms with E-state index in [0.717, 1.165) is 24.1 Å². The van der Waals surface area contributed by atoms with Gasteiger partial charge in [-0.1, -0.05) is 35.3 Å². The molecule has 2 N–H and O–H groups in total. The second kappa shape index (κ2) is 9.76. The summed E-state index contributed by atoms with van der Waals surface area (Å²) >= 11 is 11.9. The number of halogens is 3. The van der Waals surface area contributed by atoms with Crippen LogP contribution in [0.4, 0.5) is 4.39 Å². The minimum absolute atomic E-state index is 0.0740. The average molecular weight is 383 g/mol. The highest BCUT2D eigenvalue weighted by Gasteiger charge is 2.09. The molecule has 0 heterocycles. The number of carbonyl (C=O) groups excluding carboxylic acids is 1. The highest BCUT2D eigenvalue weighted by Crippen LogP contribution is 2.19. The van der Waals surface area contributed by atoms with Crippen molar-refractivity contribution in [3.8, 4) is 0 Å². The van der Waals surface area contributed by atoms with Crippen molar-refractivity contribution in [2.24, 2.45) is 0 Å². The van der Waals surface area contributed by atoms with Crippen LogP contribution < -0.4 is 10.6 Å². The normalized spacial score (nSPS) is 12.0. The zero-order valence-corrected chi connectivity index (χ0v) is 15.5. The number of rotatable bonds is 8. The van der Waals surface area contributed by atoms with Crippen LogP contribution in [-0.2, 0) is 11.2 Å². The van der Waals surface area contributed by atoms with E-state index < -0.39 is 0 Å². The Balaban J connectivity index is 1.66. The zero-order valence-electron chi connectivity index (χ0n) is 14.0. The summed E-state index contributed by atoms with van der Waals surface area (Å²) in [5, 5.41) is 7.32. The SMILES string of the molecule is CC(NC(=O)CCNCCc1cc(Cl)cc(Cl)c1)c1cccc(F)c1. The van der Waals surface area contributed by atoms with Gasteiger partial charge in [0.2, 0.25) is 5.91 Å². The fourth-order valence-electron chi connectivity index (χ4n) is 2.49. The molecule has 0 fully saturated rings. The molecule has 25 heavy (non-hydrogen) atoms. The number of nitrogens with one attached hydrogen (secondary N) is 2. The van der Waals surface area contributed by atoms with Crippen LogP contribution in [0, 0.1) is 5.82 Å². The maximum Gasteiger partial charge on any atom is 0.221 e. The van der Waals surface area contributed by atoms with Crippen molar-refractivity contribution in [2.45, 2.75) is 25.8 Å². The summed E-state index contributed by atoms with van der Waals surface area (Å²) in [4.78, 5) is 12.0. The van der Waals surface area contributed by atoms with E-state index in [1.807, 2.05) is 19.1 Å². The maximum absolute atomic E-state index is 13.2. The number of hydrogen-bond acceptors (Lipinski definition) is 2. The molecular weight excluding hydrogens is 362 g/mol. The standard InChI is InChI=1S/C19H21Cl2FN2O/c1-13(15-3-2-4-18(22)11-15)24-19(25)6-8-23-7-5-14-9-16(20)12-17(21)10-14/h2-4,9-13,23H,5-8H2,1H3,(H,24,25). The van der Waals surface area contributed by atoms with Gasteiger partial charge in [-0.25, -0.2) is 4.39 Å². The fraction of sp³-hybridized carbons (Fsp3) is 0.316. The molecule has 134 valence electrons. The lowest BCUT2D eigenvalue weighted by molar-refractivity contribution is -0.121. The van der Waals surface area contributed by atoms with Crippen LogP contribution in [0.5, 0.6) is 0 Å². The maximum atomic E-state index is 13.2. The van der Waals surface area contributed by atoms with E-state index in [0.29, 0.717) is 23.0 Å². The molecule has 0 saturated heterocycles. The van der Waals surface area contributed by atoms with Crippen LogP contribution in [0.25, 0.3) is 0 Å². The van der Waals surface area contributed by atoms with Gasteiger partial charge in [0.05, 0.1) is 6.04 Å². The smallest absolute Gasteiger partial charge is 0.221 e. The summed E-state index contributed by atoms with van der Waals surface area (Å²) in [5.74, 6) is -0.378. The summed E-state index contributed by atoms with van der Waals surface area (Å²) in [6, 6.07) is 11.5. The topological polar surface area (TPSA) is 41.1 Å². The Morgan fingerprint density at radius 3 is 2.52 bits per heavy atom. The van der Waals surface area contributed by atoms with Crippen LogP contribution in [0.15, 0.2) is 42.5 Å². The lowest BCUT2D eigenvalue weighted by atomic mass is 10.1. The first kappa shape index (κ1) is 19.7. The second-order valence-corrected chi connectivity index (χ2v) is 6.74. The van der Waals surface area contributed by atoms with Crippen LogP contribution in [-0.4, -0.2) is 19.0 Å². The first-order valence-electron chi connectivity index (χ1n) is 8.14. The van der Waals surface area contributed by atoms with E-state index >= 15 is 0 Å². The number of carbonyl (C=O) groups is 1. The van der Waals surface area contributed by atoms with Gasteiger partial charge in [-0.05, 0) is 61.3 Å². The molecular formula is C19H21Cl2FN2O. The largest absolute Gasteiger partial charge is 0.350 e. The van der Waals surface area contributed by atoms with Crippen molar-refractivity contribution in [3.63, 3.8) is 0 Å². The second-order valence-electron chi connectivity index (χ2n) is 5.87. The first-order chi connectivity index (χ1) is 11.9. The van der Waals surface area contributed by atoms with E-state index in [4.69, 9.17) is 23.2 Å². The Morgan fingerprint density at radius 1 is 1.12 bits per heavy atom. The van der Waals surface area contributed by atoms with Gasteiger partial charge in [-0.3, -0.25) is 4.79 Å². The highest BCUT2D eigenvalue weighted by molar-refractivity contribution is 6.34. The monoisotopic (exact) mass is 382 g/mol. The lowest BCUT2D eigenvalue weighted by Gasteiger charge is -2.14. The zero-order chi connectivity index (χ0) is 18.2. The lowest BCUT2D eigenvalue weighted by Crippen LogP contribution is -2.30. The van der Waals surface area contributed by atoms with Crippen LogP contribution in [0.3, 0.4) is 0 Å². The molecule has 2 rings (SSSR count). The predicted octanol–water partition coefficient (Wildman–Crippen LogP) is 4.53. The minimum atomic E-state index is -0.304. The summed E-state index contributed by atoms with van der Waals surface area (Å²) in [5.41, 5.74) is 1.80. The van der Waals surface area contributed by atoms with Crippen molar-refractivity contribution in [3.05, 3.63) is 69.5 Å². The van der Waals surface area contributed by atoms with E-state index in [1.165, 1.54) is 12.1 Å². The van der Waals surface area contributed by atoms with Crippen molar-refractivity contribution in [1.82, 2.24) is 10.6 Å². The minimum Gasteiger partial charge on any atom is -0.350 e. The molecule has 0 saturated carbocycles. The molecule has 3 nitrogen and oxygen atoms in total. The van der Waals surface area contributed by atoms with Gasteiger partial charge in [-0.15, -0.1) is 0 Å². The van der Waals surface area contributed by atoms with Gasteiger partial charge >= 0.3 is 0 Å². The number of benzene rings is 2. The third kappa shape index (κ3) is 7.02. The van der Waals surface area contributed by atoms with Gasteiger partial charge in [0.1, 0.15) is 5.82 Å². The molecule has 0 aliphatic carbocycles. The third-order valence-electron chi connectivity index (χ3n) is 3.77. The molecule has 2 aromatic carbocycles. The summed E-state index contributed by atoms with van der Waals surface area (Å²) in [7, 11) is 0. The molecule has 2 aromatic rings. The van der Waals surface area contributed by atoms with Crippen LogP contribution >= 0.6 is 23.2 Å². The third-order valence-corrected chi connectivity index (χ3v) is 4.20. The van der Waals surface area contributed by atoms with Crippen molar-refractivity contribution in [2.75, 3.05) is 13.1 Å². The summed E-state index contributed by atoms with van der Waals surface area (Å²) in [6.45, 7) is 3.13. The quantitative estimate of drug-likeness (QED) is 0.658. The van der Waals surface area contributed by atoms with Crippen molar-refractivity contribution >= 4 is 29.1 Å². The Labute approximate surface area is 157 Å². The van der Waals surface area contributed by atoms with E-state index in [9.17, 15) is 9.18 Å². The summed E-state index contributed by atoms with van der Waals surface area (Å²) < 4.78 is 13.2. The van der Waals surface area contributed by atoms with Gasteiger partial charge in [0, 0.05) is 23.0 Å². The average Bonchev–Trinajstić information content (AvgIpc) is 2.53. The summed E-state index contributed by atoms with van der Waals surface area (Å²) in [6.07, 6.45) is 1.14. The molecule has 0 aliphatic rings. The molecule has 0 spiro atoms. The van der Waals surface area contributed by atoms with E-state index in [1.54, 1.807) is 18.2 Å². The first-order valence-corrected chi connectivity index (χ1v) is 8.90. The van der Waals surface area contributed by atoms with Crippen molar-refractivity contribution in [1.29, 1.82) is 0 Å². The molecule has 1 atom stereocenters. The Kier molecular flexibility index (Phi) is 7.69. The van der Waals surface area contributed by atoms with Gasteiger partial charge < -0.3 is 10.6 Å².